The monoisotopic (exact) mass is 775 g/mol. The Balaban J connectivity index is 1.15. The Morgan fingerprint density at radius 2 is 0.776 bits per heavy atom. The third kappa shape index (κ3) is 4.48. The summed E-state index contributed by atoms with van der Waals surface area (Å²) in [7, 11) is 0. The number of benzene rings is 8. The van der Waals surface area contributed by atoms with E-state index in [4.69, 9.17) is 15.0 Å². The molecule has 0 aliphatic rings. The van der Waals surface area contributed by atoms with Crippen molar-refractivity contribution in [2.45, 2.75) is 0 Å². The molecule has 5 heterocycles. The van der Waals surface area contributed by atoms with Crippen LogP contribution in [0.25, 0.3) is 118 Å². The Labute approximate surface area is 339 Å². The van der Waals surface area contributed by atoms with Crippen molar-refractivity contribution in [1.29, 1.82) is 0 Å². The highest BCUT2D eigenvalue weighted by Gasteiger charge is 2.24. The minimum absolute atomic E-state index is 0.591. The molecule has 8 aromatic carbocycles. The molecule has 0 saturated heterocycles. The van der Waals surface area contributed by atoms with Gasteiger partial charge >= 0.3 is 0 Å². The third-order valence-electron chi connectivity index (χ3n) is 11.6. The lowest BCUT2D eigenvalue weighted by atomic mass is 10.1. The van der Waals surface area contributed by atoms with Crippen LogP contribution in [0.1, 0.15) is 0 Å². The topological polar surface area (TPSA) is 48.5 Å². The number of rotatable bonds is 4. The van der Waals surface area contributed by atoms with Gasteiger partial charge in [0.15, 0.2) is 11.6 Å². The highest BCUT2D eigenvalue weighted by atomic mass is 32.1. The predicted octanol–water partition coefficient (Wildman–Crippen LogP) is 14.1. The summed E-state index contributed by atoms with van der Waals surface area (Å²) in [6.07, 6.45) is 0. The normalized spacial score (nSPS) is 12.1. The number of thiophene rings is 2. The number of nitrogens with zero attached hydrogens (tertiary/aromatic N) is 5. The van der Waals surface area contributed by atoms with Gasteiger partial charge in [0.2, 0.25) is 5.95 Å². The Morgan fingerprint density at radius 1 is 0.328 bits per heavy atom. The van der Waals surface area contributed by atoms with Crippen molar-refractivity contribution in [3.8, 4) is 34.4 Å². The second kappa shape index (κ2) is 12.2. The molecule has 0 N–H and O–H groups in total. The summed E-state index contributed by atoms with van der Waals surface area (Å²) in [6.45, 7) is 0. The van der Waals surface area contributed by atoms with Gasteiger partial charge in [-0.2, -0.15) is 9.97 Å². The quantitative estimate of drug-likeness (QED) is 0.179. The molecule has 0 fully saturated rings. The lowest BCUT2D eigenvalue weighted by Crippen LogP contribution is -2.06. The van der Waals surface area contributed by atoms with Crippen molar-refractivity contribution >= 4 is 107 Å². The zero-order valence-corrected chi connectivity index (χ0v) is 32.4. The van der Waals surface area contributed by atoms with Gasteiger partial charge in [-0.25, -0.2) is 4.98 Å². The van der Waals surface area contributed by atoms with Crippen LogP contribution in [0, 0.1) is 0 Å². The standard InChI is InChI=1S/C51H29N5S2/c1-2-14-30(15-3-1)55-39-24-8-4-18-35(39)45-41(55)28-29-42-46(45)36-19-5-9-25-40(36)56(42)51-53-49(37-22-12-20-33-31-16-6-10-26-43(31)57-47(33)37)52-50(54-51)38-23-13-21-34-32-17-7-11-27-44(32)58-48(34)38/h1-29H. The summed E-state index contributed by atoms with van der Waals surface area (Å²) >= 11 is 3.59. The van der Waals surface area contributed by atoms with Crippen molar-refractivity contribution in [2.75, 3.05) is 0 Å². The molecule has 0 aliphatic carbocycles. The molecule has 0 amide bonds. The number of hydrogen-bond donors (Lipinski definition) is 0. The summed E-state index contributed by atoms with van der Waals surface area (Å²) in [4.78, 5) is 16.3. The first-order chi connectivity index (χ1) is 28.8. The van der Waals surface area contributed by atoms with Gasteiger partial charge in [-0.3, -0.25) is 4.57 Å². The Bertz CT molecular complexity index is 3680. The summed E-state index contributed by atoms with van der Waals surface area (Å²) in [5, 5.41) is 9.67. The largest absolute Gasteiger partial charge is 0.309 e. The van der Waals surface area contributed by atoms with E-state index in [2.05, 4.69) is 185 Å². The molecule has 7 heteroatoms. The molecular formula is C51H29N5S2. The number of para-hydroxylation sites is 3. The second-order valence-corrected chi connectivity index (χ2v) is 16.8. The lowest BCUT2D eigenvalue weighted by Gasteiger charge is -2.12. The van der Waals surface area contributed by atoms with Crippen LogP contribution >= 0.6 is 22.7 Å². The van der Waals surface area contributed by atoms with Gasteiger partial charge in [-0.15, -0.1) is 22.7 Å². The zero-order valence-electron chi connectivity index (χ0n) is 30.8. The second-order valence-electron chi connectivity index (χ2n) is 14.7. The van der Waals surface area contributed by atoms with Gasteiger partial charge in [0, 0.05) is 78.7 Å². The Kier molecular flexibility index (Phi) is 6.70. The molecule has 5 nitrogen and oxygen atoms in total. The van der Waals surface area contributed by atoms with Crippen molar-refractivity contribution < 1.29 is 0 Å². The van der Waals surface area contributed by atoms with Crippen molar-refractivity contribution in [3.63, 3.8) is 0 Å². The lowest BCUT2D eigenvalue weighted by molar-refractivity contribution is 0.955. The SMILES string of the molecule is c1ccc(-n2c3ccccc3c3c4c5ccccc5n(-c5nc(-c6cccc7c6sc6ccccc67)nc(-c6cccc7c6sc6ccccc67)n5)c4ccc32)cc1. The van der Waals surface area contributed by atoms with Crippen LogP contribution in [0.3, 0.4) is 0 Å². The minimum Gasteiger partial charge on any atom is -0.309 e. The van der Waals surface area contributed by atoms with Crippen molar-refractivity contribution in [2.24, 2.45) is 0 Å². The molecule has 0 saturated carbocycles. The summed E-state index contributed by atoms with van der Waals surface area (Å²) in [5.41, 5.74) is 7.56. The molecule has 0 atom stereocenters. The van der Waals surface area contributed by atoms with E-state index < -0.39 is 0 Å². The molecule has 58 heavy (non-hydrogen) atoms. The van der Waals surface area contributed by atoms with E-state index in [1.807, 2.05) is 0 Å². The highest BCUT2D eigenvalue weighted by Crippen LogP contribution is 2.44. The van der Waals surface area contributed by atoms with Gasteiger partial charge in [0.25, 0.3) is 0 Å². The fraction of sp³-hybridized carbons (Fsp3) is 0. The van der Waals surface area contributed by atoms with Gasteiger partial charge in [0.05, 0.1) is 22.1 Å². The van der Waals surface area contributed by atoms with Crippen LogP contribution < -0.4 is 0 Å². The van der Waals surface area contributed by atoms with Gasteiger partial charge < -0.3 is 4.57 Å². The average Bonchev–Trinajstić information content (AvgIpc) is 4.04. The van der Waals surface area contributed by atoms with Crippen molar-refractivity contribution in [3.05, 3.63) is 176 Å². The van der Waals surface area contributed by atoms with E-state index in [-0.39, 0.29) is 0 Å². The maximum atomic E-state index is 5.46. The van der Waals surface area contributed by atoms with E-state index in [0.29, 0.717) is 17.6 Å². The molecule has 0 spiro atoms. The third-order valence-corrected chi connectivity index (χ3v) is 14.0. The van der Waals surface area contributed by atoms with E-state index in [1.165, 1.54) is 62.0 Å². The van der Waals surface area contributed by atoms with Crippen molar-refractivity contribution in [1.82, 2.24) is 24.1 Å². The smallest absolute Gasteiger partial charge is 0.238 e. The molecule has 13 aromatic rings. The first-order valence-electron chi connectivity index (χ1n) is 19.4. The zero-order chi connectivity index (χ0) is 37.9. The fourth-order valence-electron chi connectivity index (χ4n) is 9.14. The predicted molar refractivity (Wildman–Crippen MR) is 245 cm³/mol. The molecular weight excluding hydrogens is 747 g/mol. The van der Waals surface area contributed by atoms with Crippen LogP contribution in [-0.2, 0) is 0 Å². The molecule has 0 bridgehead atoms. The summed E-state index contributed by atoms with van der Waals surface area (Å²) < 4.78 is 9.47. The molecule has 0 unspecified atom stereocenters. The Hall–Kier alpha value is -7.19. The summed E-state index contributed by atoms with van der Waals surface area (Å²) in [6, 6.07) is 62.8. The molecule has 0 radical (unpaired) electrons. The molecule has 5 aromatic heterocycles. The number of hydrogen-bond acceptors (Lipinski definition) is 5. The maximum Gasteiger partial charge on any atom is 0.238 e. The van der Waals surface area contributed by atoms with Crippen LogP contribution in [-0.4, -0.2) is 24.1 Å². The van der Waals surface area contributed by atoms with E-state index in [1.54, 1.807) is 22.7 Å². The molecule has 13 rings (SSSR count). The maximum absolute atomic E-state index is 5.46. The highest BCUT2D eigenvalue weighted by molar-refractivity contribution is 7.26. The Morgan fingerprint density at radius 3 is 1.34 bits per heavy atom. The summed E-state index contributed by atoms with van der Waals surface area (Å²) in [5.74, 6) is 1.90. The number of aromatic nitrogens is 5. The fourth-order valence-corrected chi connectivity index (χ4v) is 11.6. The molecule has 0 aliphatic heterocycles. The van der Waals surface area contributed by atoms with Crippen LogP contribution in [0.2, 0.25) is 0 Å². The van der Waals surface area contributed by atoms with Gasteiger partial charge in [0.1, 0.15) is 0 Å². The minimum atomic E-state index is 0.591. The first-order valence-corrected chi connectivity index (χ1v) is 21.0. The van der Waals surface area contributed by atoms with E-state index >= 15 is 0 Å². The van der Waals surface area contributed by atoms with E-state index in [9.17, 15) is 0 Å². The van der Waals surface area contributed by atoms with E-state index in [0.717, 1.165) is 38.8 Å². The first kappa shape index (κ1) is 32.0. The number of fused-ring (bicyclic) bond motifs is 13. The van der Waals surface area contributed by atoms with Crippen LogP contribution in [0.5, 0.6) is 0 Å². The van der Waals surface area contributed by atoms with Crippen LogP contribution in [0.4, 0.5) is 0 Å². The van der Waals surface area contributed by atoms with Gasteiger partial charge in [-0.05, 0) is 60.7 Å². The van der Waals surface area contributed by atoms with Crippen LogP contribution in [0.15, 0.2) is 176 Å². The van der Waals surface area contributed by atoms with Gasteiger partial charge in [-0.1, -0.05) is 115 Å². The average molecular weight is 776 g/mol. The molecule has 270 valence electrons.